The predicted molar refractivity (Wildman–Crippen MR) is 75.0 cm³/mol. The van der Waals surface area contributed by atoms with Crippen molar-refractivity contribution in [2.75, 3.05) is 7.11 Å². The van der Waals surface area contributed by atoms with E-state index >= 15 is 0 Å². The summed E-state index contributed by atoms with van der Waals surface area (Å²) in [5, 5.41) is 10.3. The number of halogens is 2. The molecule has 1 rings (SSSR count). The van der Waals surface area contributed by atoms with Gasteiger partial charge < -0.3 is 9.84 Å². The van der Waals surface area contributed by atoms with Crippen LogP contribution in [0.25, 0.3) is 0 Å². The summed E-state index contributed by atoms with van der Waals surface area (Å²) >= 11 is 8.14. The van der Waals surface area contributed by atoms with Crippen LogP contribution in [0.5, 0.6) is 0 Å². The zero-order valence-electron chi connectivity index (χ0n) is 9.74. The second-order valence-electron chi connectivity index (χ2n) is 4.01. The van der Waals surface area contributed by atoms with Crippen molar-refractivity contribution in [3.63, 3.8) is 0 Å². The lowest BCUT2D eigenvalue weighted by Gasteiger charge is -2.22. The Balaban J connectivity index is 2.99. The van der Waals surface area contributed by atoms with Gasteiger partial charge in [0.2, 0.25) is 0 Å². The number of rotatable bonds is 4. The first-order chi connectivity index (χ1) is 7.88. The molecule has 0 bridgehead atoms. The third kappa shape index (κ3) is 3.53. The fourth-order valence-corrected chi connectivity index (χ4v) is 3.71. The molecule has 1 aromatic heterocycles. The summed E-state index contributed by atoms with van der Waals surface area (Å²) in [6.07, 6.45) is -0.838. The highest BCUT2D eigenvalue weighted by molar-refractivity contribution is 9.13. The predicted octanol–water partition coefficient (Wildman–Crippen LogP) is 3.75. The van der Waals surface area contributed by atoms with Crippen LogP contribution in [-0.4, -0.2) is 18.2 Å². The van der Waals surface area contributed by atoms with Crippen molar-refractivity contribution < 1.29 is 14.6 Å². The van der Waals surface area contributed by atoms with Crippen molar-refractivity contribution in [1.82, 2.24) is 0 Å². The van der Waals surface area contributed by atoms with Crippen molar-refractivity contribution in [2.45, 2.75) is 20.0 Å². The van der Waals surface area contributed by atoms with E-state index in [-0.39, 0.29) is 11.9 Å². The molecule has 0 fully saturated rings. The Morgan fingerprint density at radius 3 is 2.41 bits per heavy atom. The molecular weight excluding hydrogens is 372 g/mol. The van der Waals surface area contributed by atoms with Gasteiger partial charge in [-0.3, -0.25) is 4.79 Å². The van der Waals surface area contributed by atoms with E-state index in [1.54, 1.807) is 0 Å². The van der Waals surface area contributed by atoms with Crippen LogP contribution in [0, 0.1) is 11.8 Å². The quantitative estimate of drug-likeness (QED) is 0.802. The average Bonchev–Trinajstić information content (AvgIpc) is 2.58. The maximum absolute atomic E-state index is 11.7. The van der Waals surface area contributed by atoms with Crippen LogP contribution in [0.4, 0.5) is 0 Å². The number of carbonyl (C=O) groups excluding carboxylic acids is 1. The zero-order chi connectivity index (χ0) is 13.2. The van der Waals surface area contributed by atoms with Gasteiger partial charge >= 0.3 is 5.97 Å². The molecule has 2 atom stereocenters. The maximum Gasteiger partial charge on any atom is 0.311 e. The molecule has 2 unspecified atom stereocenters. The summed E-state index contributed by atoms with van der Waals surface area (Å²) in [6.45, 7) is 3.78. The second-order valence-corrected chi connectivity index (χ2v) is 7.26. The molecule has 17 heavy (non-hydrogen) atoms. The standard InChI is InChI=1S/C11H14Br2O3S/c1-5(2)8(11(15)16-3)9(14)7-4-6(12)10(13)17-7/h4-5,8-9,14H,1-3H3. The van der Waals surface area contributed by atoms with E-state index in [9.17, 15) is 9.90 Å². The zero-order valence-corrected chi connectivity index (χ0v) is 13.7. The van der Waals surface area contributed by atoms with Crippen LogP contribution in [0.1, 0.15) is 24.8 Å². The average molecular weight is 386 g/mol. The Hall–Kier alpha value is 0.0900. The molecule has 1 N–H and O–H groups in total. The van der Waals surface area contributed by atoms with Crippen molar-refractivity contribution in [1.29, 1.82) is 0 Å². The first-order valence-electron chi connectivity index (χ1n) is 5.09. The molecule has 6 heteroatoms. The van der Waals surface area contributed by atoms with E-state index in [0.29, 0.717) is 0 Å². The number of ether oxygens (including phenoxy) is 1. The molecule has 1 aromatic rings. The normalized spacial score (nSPS) is 14.8. The van der Waals surface area contributed by atoms with Crippen molar-refractivity contribution in [2.24, 2.45) is 11.8 Å². The molecule has 0 saturated carbocycles. The number of hydrogen-bond acceptors (Lipinski definition) is 4. The molecule has 96 valence electrons. The summed E-state index contributed by atoms with van der Waals surface area (Å²) in [5.41, 5.74) is 0. The Morgan fingerprint density at radius 1 is 1.47 bits per heavy atom. The van der Waals surface area contributed by atoms with Crippen molar-refractivity contribution in [3.05, 3.63) is 19.2 Å². The van der Waals surface area contributed by atoms with E-state index in [2.05, 4.69) is 31.9 Å². The number of methoxy groups -OCH3 is 1. The van der Waals surface area contributed by atoms with E-state index in [1.807, 2.05) is 19.9 Å². The molecule has 0 amide bonds. The van der Waals surface area contributed by atoms with Crippen molar-refractivity contribution in [3.8, 4) is 0 Å². The Kier molecular flexibility index (Phi) is 5.63. The third-order valence-electron chi connectivity index (χ3n) is 2.49. The smallest absolute Gasteiger partial charge is 0.311 e. The largest absolute Gasteiger partial charge is 0.469 e. The topological polar surface area (TPSA) is 46.5 Å². The molecule has 0 spiro atoms. The van der Waals surface area contributed by atoms with E-state index in [1.165, 1.54) is 18.4 Å². The summed E-state index contributed by atoms with van der Waals surface area (Å²) < 4.78 is 6.52. The highest BCUT2D eigenvalue weighted by atomic mass is 79.9. The molecule has 0 aliphatic heterocycles. The second kappa shape index (κ2) is 6.31. The molecular formula is C11H14Br2O3S. The van der Waals surface area contributed by atoms with E-state index < -0.39 is 12.0 Å². The Bertz CT molecular complexity index is 384. The number of aliphatic hydroxyl groups excluding tert-OH is 1. The highest BCUT2D eigenvalue weighted by Gasteiger charge is 2.33. The van der Waals surface area contributed by atoms with Crippen LogP contribution in [-0.2, 0) is 9.53 Å². The van der Waals surface area contributed by atoms with Crippen LogP contribution in [0.2, 0.25) is 0 Å². The first kappa shape index (κ1) is 15.1. The minimum Gasteiger partial charge on any atom is -0.469 e. The van der Waals surface area contributed by atoms with Gasteiger partial charge in [-0.05, 0) is 43.8 Å². The Labute approximate surface area is 121 Å². The molecule has 0 aliphatic carbocycles. The van der Waals surface area contributed by atoms with Crippen molar-refractivity contribution >= 4 is 49.2 Å². The molecule has 0 aromatic carbocycles. The first-order valence-corrected chi connectivity index (χ1v) is 7.49. The van der Waals surface area contributed by atoms with Crippen LogP contribution < -0.4 is 0 Å². The van der Waals surface area contributed by atoms with E-state index in [4.69, 9.17) is 4.74 Å². The van der Waals surface area contributed by atoms with Crippen LogP contribution >= 0.6 is 43.2 Å². The van der Waals surface area contributed by atoms with Gasteiger partial charge in [0.1, 0.15) is 6.10 Å². The van der Waals surface area contributed by atoms with Gasteiger partial charge in [-0.15, -0.1) is 11.3 Å². The van der Waals surface area contributed by atoms with E-state index in [0.717, 1.165) is 13.1 Å². The van der Waals surface area contributed by atoms with Crippen LogP contribution in [0.3, 0.4) is 0 Å². The number of aliphatic hydroxyl groups is 1. The fourth-order valence-electron chi connectivity index (χ4n) is 1.59. The molecule has 3 nitrogen and oxygen atoms in total. The fraction of sp³-hybridized carbons (Fsp3) is 0.545. The van der Waals surface area contributed by atoms with Gasteiger partial charge in [-0.2, -0.15) is 0 Å². The van der Waals surface area contributed by atoms with Gasteiger partial charge in [0.25, 0.3) is 0 Å². The lowest BCUT2D eigenvalue weighted by molar-refractivity contribution is -0.151. The minimum atomic E-state index is -0.838. The van der Waals surface area contributed by atoms with Gasteiger partial charge in [0.05, 0.1) is 16.8 Å². The molecule has 1 heterocycles. The molecule has 0 saturated heterocycles. The van der Waals surface area contributed by atoms with Gasteiger partial charge in [0.15, 0.2) is 0 Å². The lowest BCUT2D eigenvalue weighted by Crippen LogP contribution is -2.27. The summed E-state index contributed by atoms with van der Waals surface area (Å²) in [6, 6.07) is 1.82. The third-order valence-corrected chi connectivity index (χ3v) is 5.81. The van der Waals surface area contributed by atoms with Gasteiger partial charge in [-0.1, -0.05) is 13.8 Å². The molecule has 0 radical (unpaired) electrons. The minimum absolute atomic E-state index is 0.0112. The van der Waals surface area contributed by atoms with Crippen LogP contribution in [0.15, 0.2) is 14.3 Å². The lowest BCUT2D eigenvalue weighted by atomic mass is 9.89. The number of esters is 1. The Morgan fingerprint density at radius 2 is 2.06 bits per heavy atom. The maximum atomic E-state index is 11.7. The molecule has 0 aliphatic rings. The SMILES string of the molecule is COC(=O)C(C(C)C)C(O)c1cc(Br)c(Br)s1. The number of thiophene rings is 1. The van der Waals surface area contributed by atoms with Gasteiger partial charge in [-0.25, -0.2) is 0 Å². The summed E-state index contributed by atoms with van der Waals surface area (Å²) in [5.74, 6) is -0.914. The number of carbonyl (C=O) groups is 1. The summed E-state index contributed by atoms with van der Waals surface area (Å²) in [4.78, 5) is 12.4. The van der Waals surface area contributed by atoms with Gasteiger partial charge in [0, 0.05) is 9.35 Å². The highest BCUT2D eigenvalue weighted by Crippen LogP contribution is 2.39. The monoisotopic (exact) mass is 384 g/mol. The number of hydrogen-bond donors (Lipinski definition) is 1. The summed E-state index contributed by atoms with van der Waals surface area (Å²) in [7, 11) is 1.34.